The van der Waals surface area contributed by atoms with Crippen LogP contribution in [0.3, 0.4) is 0 Å². The molecule has 3 aromatic rings. The number of amides is 1. The second-order valence-electron chi connectivity index (χ2n) is 4.40. The molecule has 0 radical (unpaired) electrons. The average Bonchev–Trinajstić information content (AvgIpc) is 2.88. The smallest absolute Gasteiger partial charge is 0.271 e. The topological polar surface area (TPSA) is 85.1 Å². The summed E-state index contributed by atoms with van der Waals surface area (Å²) in [7, 11) is 0. The van der Waals surface area contributed by atoms with Gasteiger partial charge in [0, 0.05) is 21.3 Å². The Kier molecular flexibility index (Phi) is 4.03. The summed E-state index contributed by atoms with van der Waals surface area (Å²) in [4.78, 5) is 26.9. The van der Waals surface area contributed by atoms with Crippen molar-refractivity contribution in [1.82, 2.24) is 4.98 Å². The number of hydrogen-bond acceptors (Lipinski definition) is 5. The van der Waals surface area contributed by atoms with Crippen LogP contribution in [0.2, 0.25) is 0 Å². The van der Waals surface area contributed by atoms with Gasteiger partial charge in [0.1, 0.15) is 0 Å². The fraction of sp³-hybridized carbons (Fsp3) is 0. The summed E-state index contributed by atoms with van der Waals surface area (Å²) in [5.74, 6) is -0.416. The highest BCUT2D eigenvalue weighted by atomic mass is 127. The number of nitrogens with zero attached hydrogens (tertiary/aromatic N) is 2. The molecule has 6 nitrogen and oxygen atoms in total. The number of non-ortho nitro benzene ring substituents is 1. The van der Waals surface area contributed by atoms with Crippen molar-refractivity contribution in [2.75, 3.05) is 5.32 Å². The monoisotopic (exact) mass is 425 g/mol. The zero-order valence-corrected chi connectivity index (χ0v) is 13.9. The van der Waals surface area contributed by atoms with E-state index >= 15 is 0 Å². The number of carbonyl (C=O) groups is 1. The number of fused-ring (bicyclic) bond motifs is 1. The molecule has 0 unspecified atom stereocenters. The van der Waals surface area contributed by atoms with E-state index in [1.165, 1.54) is 23.5 Å². The molecular formula is C14H8IN3O3S. The fourth-order valence-electron chi connectivity index (χ4n) is 1.91. The zero-order chi connectivity index (χ0) is 15.7. The Bertz CT molecular complexity index is 861. The molecule has 22 heavy (non-hydrogen) atoms. The Hall–Kier alpha value is -2.07. The second-order valence-corrected chi connectivity index (χ2v) is 6.67. The minimum absolute atomic E-state index is 0.110. The van der Waals surface area contributed by atoms with Gasteiger partial charge in [0.2, 0.25) is 0 Å². The Morgan fingerprint density at radius 2 is 2.05 bits per heavy atom. The number of rotatable bonds is 3. The van der Waals surface area contributed by atoms with Gasteiger partial charge in [-0.2, -0.15) is 0 Å². The molecule has 0 fully saturated rings. The third kappa shape index (κ3) is 3.07. The van der Waals surface area contributed by atoms with Crippen LogP contribution in [-0.4, -0.2) is 15.8 Å². The number of nitrogens with one attached hydrogen (secondary N) is 1. The molecule has 0 aliphatic carbocycles. The molecule has 0 aliphatic rings. The third-order valence-electron chi connectivity index (χ3n) is 2.87. The van der Waals surface area contributed by atoms with Gasteiger partial charge >= 0.3 is 0 Å². The van der Waals surface area contributed by atoms with Gasteiger partial charge < -0.3 is 0 Å². The van der Waals surface area contributed by atoms with Crippen molar-refractivity contribution in [3.05, 3.63) is 61.7 Å². The Labute approximate surface area is 142 Å². The lowest BCUT2D eigenvalue weighted by Gasteiger charge is -2.02. The highest BCUT2D eigenvalue weighted by Gasteiger charge is 2.15. The van der Waals surface area contributed by atoms with Gasteiger partial charge in [-0.15, -0.1) is 0 Å². The van der Waals surface area contributed by atoms with Crippen LogP contribution < -0.4 is 5.32 Å². The van der Waals surface area contributed by atoms with Crippen molar-refractivity contribution in [2.45, 2.75) is 0 Å². The van der Waals surface area contributed by atoms with E-state index in [1.54, 1.807) is 6.07 Å². The highest BCUT2D eigenvalue weighted by Crippen LogP contribution is 2.26. The lowest BCUT2D eigenvalue weighted by atomic mass is 10.2. The second kappa shape index (κ2) is 5.97. The Morgan fingerprint density at radius 1 is 1.27 bits per heavy atom. The van der Waals surface area contributed by atoms with Gasteiger partial charge in [-0.1, -0.05) is 23.5 Å². The minimum atomic E-state index is -0.517. The molecule has 1 heterocycles. The fourth-order valence-corrected chi connectivity index (χ4v) is 3.42. The molecule has 1 N–H and O–H groups in total. The molecule has 0 atom stereocenters. The number of anilines is 1. The van der Waals surface area contributed by atoms with Crippen molar-refractivity contribution in [1.29, 1.82) is 0 Å². The molecule has 110 valence electrons. The van der Waals surface area contributed by atoms with Crippen molar-refractivity contribution in [2.24, 2.45) is 0 Å². The van der Waals surface area contributed by atoms with Crippen LogP contribution in [0, 0.1) is 13.7 Å². The first kappa shape index (κ1) is 14.9. The van der Waals surface area contributed by atoms with E-state index in [4.69, 9.17) is 0 Å². The number of nitro benzene ring substituents is 1. The summed E-state index contributed by atoms with van der Waals surface area (Å²) in [6, 6.07) is 11.8. The SMILES string of the molecule is O=C(Nc1nc2ccccc2s1)c1cc(I)cc([N+](=O)[O-])c1. The summed E-state index contributed by atoms with van der Waals surface area (Å²) in [5.41, 5.74) is 0.927. The van der Waals surface area contributed by atoms with Crippen LogP contribution in [0.15, 0.2) is 42.5 Å². The molecular weight excluding hydrogens is 417 g/mol. The van der Waals surface area contributed by atoms with Crippen LogP contribution in [0.5, 0.6) is 0 Å². The molecule has 0 spiro atoms. The minimum Gasteiger partial charge on any atom is -0.298 e. The number of benzene rings is 2. The Morgan fingerprint density at radius 3 is 2.77 bits per heavy atom. The molecule has 0 aliphatic heterocycles. The average molecular weight is 425 g/mol. The largest absolute Gasteiger partial charge is 0.298 e. The summed E-state index contributed by atoms with van der Waals surface area (Å²) in [6.45, 7) is 0. The molecule has 0 saturated heterocycles. The van der Waals surface area contributed by atoms with E-state index in [1.807, 2.05) is 46.9 Å². The molecule has 3 rings (SSSR count). The lowest BCUT2D eigenvalue weighted by molar-refractivity contribution is -0.385. The van der Waals surface area contributed by atoms with Gasteiger partial charge in [-0.3, -0.25) is 20.2 Å². The summed E-state index contributed by atoms with van der Waals surface area (Å²) in [5, 5.41) is 14.0. The van der Waals surface area contributed by atoms with Gasteiger partial charge in [-0.05, 0) is 40.8 Å². The molecule has 0 saturated carbocycles. The van der Waals surface area contributed by atoms with Crippen molar-refractivity contribution in [3.8, 4) is 0 Å². The van der Waals surface area contributed by atoms with E-state index in [0.29, 0.717) is 8.70 Å². The van der Waals surface area contributed by atoms with Crippen LogP contribution in [0.4, 0.5) is 10.8 Å². The number of nitro groups is 1. The highest BCUT2D eigenvalue weighted by molar-refractivity contribution is 14.1. The first-order valence-electron chi connectivity index (χ1n) is 6.15. The molecule has 0 bridgehead atoms. The maximum Gasteiger partial charge on any atom is 0.271 e. The van der Waals surface area contributed by atoms with Gasteiger partial charge in [0.15, 0.2) is 5.13 Å². The van der Waals surface area contributed by atoms with Gasteiger partial charge in [0.25, 0.3) is 11.6 Å². The van der Waals surface area contributed by atoms with Crippen LogP contribution in [0.1, 0.15) is 10.4 Å². The van der Waals surface area contributed by atoms with E-state index in [2.05, 4.69) is 10.3 Å². The molecule has 8 heteroatoms. The molecule has 1 aromatic heterocycles. The number of halogens is 1. The van der Waals surface area contributed by atoms with Crippen molar-refractivity contribution >= 4 is 60.9 Å². The summed E-state index contributed by atoms with van der Waals surface area (Å²) >= 11 is 3.30. The lowest BCUT2D eigenvalue weighted by Crippen LogP contribution is -2.12. The number of carbonyl (C=O) groups excluding carboxylic acids is 1. The van der Waals surface area contributed by atoms with Crippen LogP contribution >= 0.6 is 33.9 Å². The molecule has 2 aromatic carbocycles. The number of thiazole rings is 1. The number of hydrogen-bond donors (Lipinski definition) is 1. The summed E-state index contributed by atoms with van der Waals surface area (Å²) in [6.07, 6.45) is 0. The maximum absolute atomic E-state index is 12.2. The van der Waals surface area contributed by atoms with Crippen LogP contribution in [-0.2, 0) is 0 Å². The number of aromatic nitrogens is 1. The third-order valence-corrected chi connectivity index (χ3v) is 4.44. The van der Waals surface area contributed by atoms with E-state index in [0.717, 1.165) is 10.2 Å². The van der Waals surface area contributed by atoms with Gasteiger partial charge in [0.05, 0.1) is 15.1 Å². The predicted molar refractivity (Wildman–Crippen MR) is 93.4 cm³/mol. The van der Waals surface area contributed by atoms with Crippen LogP contribution in [0.25, 0.3) is 10.2 Å². The van der Waals surface area contributed by atoms with E-state index in [9.17, 15) is 14.9 Å². The van der Waals surface area contributed by atoms with Gasteiger partial charge in [-0.25, -0.2) is 4.98 Å². The van der Waals surface area contributed by atoms with Crippen molar-refractivity contribution < 1.29 is 9.72 Å². The maximum atomic E-state index is 12.2. The normalized spacial score (nSPS) is 10.6. The molecule has 1 amide bonds. The van der Waals surface area contributed by atoms with E-state index in [-0.39, 0.29) is 11.3 Å². The first-order valence-corrected chi connectivity index (χ1v) is 8.04. The predicted octanol–water partition coefficient (Wildman–Crippen LogP) is 4.06. The standard InChI is InChI=1S/C14H8IN3O3S/c15-9-5-8(6-10(7-9)18(20)21)13(19)17-14-16-11-3-1-2-4-12(11)22-14/h1-7H,(H,16,17,19). The summed E-state index contributed by atoms with van der Waals surface area (Å²) < 4.78 is 1.59. The zero-order valence-electron chi connectivity index (χ0n) is 10.9. The number of para-hydroxylation sites is 1. The first-order chi connectivity index (χ1) is 10.5. The Balaban J connectivity index is 1.89. The quantitative estimate of drug-likeness (QED) is 0.390. The van der Waals surface area contributed by atoms with Crippen molar-refractivity contribution in [3.63, 3.8) is 0 Å². The van der Waals surface area contributed by atoms with E-state index < -0.39 is 10.8 Å².